The van der Waals surface area contributed by atoms with Gasteiger partial charge in [-0.1, -0.05) is 26.7 Å². The van der Waals surface area contributed by atoms with Crippen LogP contribution in [-0.2, 0) is 0 Å². The lowest BCUT2D eigenvalue weighted by Gasteiger charge is -2.14. The first-order chi connectivity index (χ1) is 10.6. The Kier molecular flexibility index (Phi) is 5.63. The molecule has 0 unspecified atom stereocenters. The molecule has 118 valence electrons. The van der Waals surface area contributed by atoms with Crippen LogP contribution in [0.25, 0.3) is 5.69 Å². The number of carbonyl (C=O) groups is 1. The third kappa shape index (κ3) is 4.65. The maximum Gasteiger partial charge on any atom is 0.251 e. The van der Waals surface area contributed by atoms with E-state index in [1.165, 1.54) is 12.7 Å². The molecule has 1 N–H and O–H groups in total. The van der Waals surface area contributed by atoms with Crippen LogP contribution in [0.15, 0.2) is 30.6 Å². The Morgan fingerprint density at radius 3 is 2.50 bits per heavy atom. The van der Waals surface area contributed by atoms with Gasteiger partial charge in [-0.05, 0) is 54.0 Å². The van der Waals surface area contributed by atoms with Gasteiger partial charge in [0.15, 0.2) is 0 Å². The van der Waals surface area contributed by atoms with Crippen molar-refractivity contribution in [1.82, 2.24) is 25.5 Å². The number of benzene rings is 1. The molecule has 0 radical (unpaired) electrons. The van der Waals surface area contributed by atoms with Crippen LogP contribution in [0.4, 0.5) is 0 Å². The molecular formula is C16H23N5O. The van der Waals surface area contributed by atoms with E-state index < -0.39 is 0 Å². The zero-order valence-electron chi connectivity index (χ0n) is 13.4. The zero-order valence-corrected chi connectivity index (χ0v) is 13.4. The number of nitrogens with one attached hydrogen (secondary N) is 1. The lowest BCUT2D eigenvalue weighted by Crippen LogP contribution is -2.32. The van der Waals surface area contributed by atoms with E-state index >= 15 is 0 Å². The maximum atomic E-state index is 12.2. The van der Waals surface area contributed by atoms with Crippen molar-refractivity contribution < 1.29 is 4.79 Å². The number of aromatic nitrogens is 4. The Morgan fingerprint density at radius 2 is 1.91 bits per heavy atom. The van der Waals surface area contributed by atoms with Crippen molar-refractivity contribution in [2.75, 3.05) is 0 Å². The number of nitrogens with zero attached hydrogens (tertiary/aromatic N) is 4. The minimum Gasteiger partial charge on any atom is -0.350 e. The Morgan fingerprint density at radius 1 is 1.18 bits per heavy atom. The highest BCUT2D eigenvalue weighted by Crippen LogP contribution is 2.10. The summed E-state index contributed by atoms with van der Waals surface area (Å²) < 4.78 is 1.55. The molecule has 1 atom stereocenters. The van der Waals surface area contributed by atoms with Gasteiger partial charge in [0.05, 0.1) is 5.69 Å². The maximum absolute atomic E-state index is 12.2. The number of hydrogen-bond acceptors (Lipinski definition) is 4. The molecular weight excluding hydrogens is 278 g/mol. The summed E-state index contributed by atoms with van der Waals surface area (Å²) in [6, 6.07) is 7.41. The quantitative estimate of drug-likeness (QED) is 0.853. The van der Waals surface area contributed by atoms with E-state index in [4.69, 9.17) is 0 Å². The van der Waals surface area contributed by atoms with Gasteiger partial charge >= 0.3 is 0 Å². The number of tetrazole rings is 1. The first-order valence-electron chi connectivity index (χ1n) is 7.70. The molecule has 0 saturated heterocycles. The highest BCUT2D eigenvalue weighted by molar-refractivity contribution is 5.94. The largest absolute Gasteiger partial charge is 0.350 e. The minimum atomic E-state index is -0.0414. The Labute approximate surface area is 130 Å². The Hall–Kier alpha value is -2.24. The Balaban J connectivity index is 1.87. The number of amides is 1. The van der Waals surface area contributed by atoms with E-state index in [1.54, 1.807) is 16.8 Å². The van der Waals surface area contributed by atoms with Crippen LogP contribution in [0, 0.1) is 5.92 Å². The molecule has 0 bridgehead atoms. The molecule has 22 heavy (non-hydrogen) atoms. The summed E-state index contributed by atoms with van der Waals surface area (Å²) in [6.45, 7) is 6.48. The van der Waals surface area contributed by atoms with Gasteiger partial charge in [-0.25, -0.2) is 4.68 Å². The standard InChI is InChI=1S/C16H23N5O/c1-12(2)5-4-6-13(3)18-16(22)14-7-9-15(10-8-14)21-11-17-19-20-21/h7-13H,4-6H2,1-3H3,(H,18,22)/t13-/m0/s1. The van der Waals surface area contributed by atoms with Gasteiger partial charge in [0.2, 0.25) is 0 Å². The molecule has 1 amide bonds. The molecule has 0 aliphatic heterocycles. The molecule has 6 heteroatoms. The summed E-state index contributed by atoms with van der Waals surface area (Å²) in [4.78, 5) is 12.2. The molecule has 0 aliphatic carbocycles. The molecule has 6 nitrogen and oxygen atoms in total. The van der Waals surface area contributed by atoms with E-state index in [0.717, 1.165) is 18.5 Å². The van der Waals surface area contributed by atoms with E-state index in [0.29, 0.717) is 11.5 Å². The summed E-state index contributed by atoms with van der Waals surface area (Å²) in [6.07, 6.45) is 4.86. The zero-order chi connectivity index (χ0) is 15.9. The van der Waals surface area contributed by atoms with E-state index in [1.807, 2.05) is 19.1 Å². The second-order valence-electron chi connectivity index (χ2n) is 6.00. The molecule has 0 aliphatic rings. The highest BCUT2D eigenvalue weighted by atomic mass is 16.1. The summed E-state index contributed by atoms with van der Waals surface area (Å²) in [5.41, 5.74) is 1.47. The average Bonchev–Trinajstić information content (AvgIpc) is 3.01. The fourth-order valence-electron chi connectivity index (χ4n) is 2.26. The van der Waals surface area contributed by atoms with Gasteiger partial charge in [0.25, 0.3) is 5.91 Å². The molecule has 1 heterocycles. The molecule has 0 fully saturated rings. The lowest BCUT2D eigenvalue weighted by molar-refractivity contribution is 0.0938. The van der Waals surface area contributed by atoms with Crippen LogP contribution in [0.3, 0.4) is 0 Å². The predicted molar refractivity (Wildman–Crippen MR) is 84.8 cm³/mol. The lowest BCUT2D eigenvalue weighted by atomic mass is 10.0. The fourth-order valence-corrected chi connectivity index (χ4v) is 2.26. The van der Waals surface area contributed by atoms with Crippen molar-refractivity contribution in [1.29, 1.82) is 0 Å². The summed E-state index contributed by atoms with van der Waals surface area (Å²) in [7, 11) is 0. The van der Waals surface area contributed by atoms with Gasteiger partial charge < -0.3 is 5.32 Å². The van der Waals surface area contributed by atoms with Crippen LogP contribution in [-0.4, -0.2) is 32.2 Å². The first kappa shape index (κ1) is 16.1. The van der Waals surface area contributed by atoms with Crippen LogP contribution in [0.5, 0.6) is 0 Å². The van der Waals surface area contributed by atoms with Crippen molar-refractivity contribution in [3.05, 3.63) is 36.2 Å². The van der Waals surface area contributed by atoms with Gasteiger partial charge in [-0.15, -0.1) is 5.10 Å². The van der Waals surface area contributed by atoms with Crippen LogP contribution in [0.2, 0.25) is 0 Å². The predicted octanol–water partition coefficient (Wildman–Crippen LogP) is 2.61. The number of carbonyl (C=O) groups excluding carboxylic acids is 1. The van der Waals surface area contributed by atoms with Gasteiger partial charge in [0.1, 0.15) is 6.33 Å². The molecule has 1 aromatic carbocycles. The van der Waals surface area contributed by atoms with Crippen molar-refractivity contribution in [3.8, 4) is 5.69 Å². The molecule has 0 spiro atoms. The highest BCUT2D eigenvalue weighted by Gasteiger charge is 2.10. The summed E-state index contributed by atoms with van der Waals surface area (Å²) >= 11 is 0. The fraction of sp³-hybridized carbons (Fsp3) is 0.500. The number of rotatable bonds is 7. The van der Waals surface area contributed by atoms with E-state index in [2.05, 4.69) is 34.7 Å². The molecule has 0 saturated carbocycles. The van der Waals surface area contributed by atoms with Crippen LogP contribution >= 0.6 is 0 Å². The van der Waals surface area contributed by atoms with Crippen molar-refractivity contribution >= 4 is 5.91 Å². The third-order valence-electron chi connectivity index (χ3n) is 3.54. The van der Waals surface area contributed by atoms with Crippen molar-refractivity contribution in [2.45, 2.75) is 46.1 Å². The van der Waals surface area contributed by atoms with E-state index in [9.17, 15) is 4.79 Å². The summed E-state index contributed by atoms with van der Waals surface area (Å²) in [5, 5.41) is 14.0. The normalized spacial score (nSPS) is 12.4. The Bertz CT molecular complexity index is 577. The van der Waals surface area contributed by atoms with Gasteiger partial charge in [-0.3, -0.25) is 4.79 Å². The van der Waals surface area contributed by atoms with E-state index in [-0.39, 0.29) is 11.9 Å². The van der Waals surface area contributed by atoms with Crippen molar-refractivity contribution in [3.63, 3.8) is 0 Å². The second-order valence-corrected chi connectivity index (χ2v) is 6.00. The molecule has 2 rings (SSSR count). The smallest absolute Gasteiger partial charge is 0.251 e. The molecule has 1 aromatic heterocycles. The topological polar surface area (TPSA) is 72.7 Å². The van der Waals surface area contributed by atoms with Gasteiger partial charge in [0, 0.05) is 11.6 Å². The molecule has 2 aromatic rings. The average molecular weight is 301 g/mol. The van der Waals surface area contributed by atoms with Crippen molar-refractivity contribution in [2.24, 2.45) is 5.92 Å². The van der Waals surface area contributed by atoms with Gasteiger partial charge in [-0.2, -0.15) is 0 Å². The number of hydrogen-bond donors (Lipinski definition) is 1. The monoisotopic (exact) mass is 301 g/mol. The summed E-state index contributed by atoms with van der Waals surface area (Å²) in [5.74, 6) is 0.669. The third-order valence-corrected chi connectivity index (χ3v) is 3.54. The first-order valence-corrected chi connectivity index (χ1v) is 7.70. The second kappa shape index (κ2) is 7.68. The van der Waals surface area contributed by atoms with Crippen LogP contribution < -0.4 is 5.32 Å². The minimum absolute atomic E-state index is 0.0414. The van der Waals surface area contributed by atoms with Crippen LogP contribution in [0.1, 0.15) is 50.4 Å². The SMILES string of the molecule is CC(C)CCC[C@H](C)NC(=O)c1ccc(-n2cnnn2)cc1.